The summed E-state index contributed by atoms with van der Waals surface area (Å²) in [5, 5.41) is 12.1. The van der Waals surface area contributed by atoms with Crippen LogP contribution in [-0.2, 0) is 21.7 Å². The van der Waals surface area contributed by atoms with Crippen LogP contribution in [0.1, 0.15) is 40.5 Å². The third kappa shape index (κ3) is 7.37. The normalized spacial score (nSPS) is 12.7. The number of carbonyl (C=O) groups excluding carboxylic acids is 2. The van der Waals surface area contributed by atoms with E-state index in [1.54, 1.807) is 31.2 Å². The number of hydrogen-bond donors (Lipinski definition) is 3. The second-order valence-corrected chi connectivity index (χ2v) is 8.36. The zero-order chi connectivity index (χ0) is 23.6. The fourth-order valence-electron chi connectivity index (χ4n) is 3.05. The third-order valence-electron chi connectivity index (χ3n) is 4.74. The summed E-state index contributed by atoms with van der Waals surface area (Å²) in [5.74, 6) is 0.386. The minimum atomic E-state index is -0.822. The van der Waals surface area contributed by atoms with Gasteiger partial charge in [-0.05, 0) is 36.6 Å². The molecule has 1 aromatic heterocycles. The molecule has 2 aromatic carbocycles. The number of nitrogens with zero attached hydrogens (tertiary/aromatic N) is 1. The van der Waals surface area contributed by atoms with Crippen molar-refractivity contribution in [1.82, 2.24) is 10.3 Å². The number of amides is 1. The lowest BCUT2D eigenvalue weighted by molar-refractivity contribution is -0.144. The lowest BCUT2D eigenvalue weighted by atomic mass is 10.1. The molecule has 0 aliphatic carbocycles. The van der Waals surface area contributed by atoms with Gasteiger partial charge in [0.25, 0.3) is 5.91 Å². The number of esters is 1. The monoisotopic (exact) mass is 469 g/mol. The minimum absolute atomic E-state index is 0.0357. The van der Waals surface area contributed by atoms with Gasteiger partial charge in [-0.2, -0.15) is 11.8 Å². The quantitative estimate of drug-likeness (QED) is 0.365. The maximum atomic E-state index is 12.7. The molecule has 4 N–H and O–H groups in total. The van der Waals surface area contributed by atoms with Gasteiger partial charge in [-0.3, -0.25) is 4.79 Å². The molecule has 3 aromatic rings. The molecule has 2 unspecified atom stereocenters. The average Bonchev–Trinajstić information content (AvgIpc) is 3.31. The molecule has 9 heteroatoms. The van der Waals surface area contributed by atoms with E-state index in [0.29, 0.717) is 17.9 Å². The van der Waals surface area contributed by atoms with Crippen molar-refractivity contribution in [3.8, 4) is 5.75 Å². The van der Waals surface area contributed by atoms with E-state index in [9.17, 15) is 14.7 Å². The van der Waals surface area contributed by atoms with Gasteiger partial charge in [-0.1, -0.05) is 42.5 Å². The van der Waals surface area contributed by atoms with Crippen molar-refractivity contribution in [2.75, 3.05) is 12.4 Å². The lowest BCUT2D eigenvalue weighted by Gasteiger charge is -2.16. The van der Waals surface area contributed by atoms with E-state index in [2.05, 4.69) is 10.3 Å². The SMILES string of the molecule is CCOC(=O)C(CSCc1ccccc1)NC(=O)c1coc(C(N)Cc2ccc(O)cc2)n1. The van der Waals surface area contributed by atoms with Gasteiger partial charge < -0.3 is 25.3 Å². The van der Waals surface area contributed by atoms with Gasteiger partial charge >= 0.3 is 5.97 Å². The molecule has 33 heavy (non-hydrogen) atoms. The van der Waals surface area contributed by atoms with E-state index in [-0.39, 0.29) is 23.9 Å². The van der Waals surface area contributed by atoms with Crippen LogP contribution < -0.4 is 11.1 Å². The summed E-state index contributed by atoms with van der Waals surface area (Å²) >= 11 is 1.52. The van der Waals surface area contributed by atoms with E-state index in [0.717, 1.165) is 11.1 Å². The van der Waals surface area contributed by atoms with Crippen molar-refractivity contribution in [1.29, 1.82) is 0 Å². The van der Waals surface area contributed by atoms with Crippen LogP contribution >= 0.6 is 11.8 Å². The highest BCUT2D eigenvalue weighted by Gasteiger charge is 2.25. The highest BCUT2D eigenvalue weighted by Crippen LogP contribution is 2.18. The highest BCUT2D eigenvalue weighted by atomic mass is 32.2. The van der Waals surface area contributed by atoms with Crippen LogP contribution in [0.3, 0.4) is 0 Å². The molecule has 0 bridgehead atoms. The number of ether oxygens (including phenoxy) is 1. The molecular weight excluding hydrogens is 442 g/mol. The number of hydrogen-bond acceptors (Lipinski definition) is 8. The summed E-state index contributed by atoms with van der Waals surface area (Å²) in [6, 6.07) is 15.1. The smallest absolute Gasteiger partial charge is 0.329 e. The van der Waals surface area contributed by atoms with Gasteiger partial charge in [-0.25, -0.2) is 9.78 Å². The first-order chi connectivity index (χ1) is 16.0. The molecule has 0 aliphatic rings. The number of carbonyl (C=O) groups is 2. The topological polar surface area (TPSA) is 128 Å². The fraction of sp³-hybridized carbons (Fsp3) is 0.292. The Kier molecular flexibility index (Phi) is 8.91. The van der Waals surface area contributed by atoms with E-state index in [1.807, 2.05) is 30.3 Å². The van der Waals surface area contributed by atoms with E-state index < -0.39 is 24.0 Å². The first kappa shape index (κ1) is 24.3. The van der Waals surface area contributed by atoms with Crippen molar-refractivity contribution in [3.05, 3.63) is 83.6 Å². The predicted octanol–water partition coefficient (Wildman–Crippen LogP) is 3.22. The Balaban J connectivity index is 1.59. The van der Waals surface area contributed by atoms with Crippen LogP contribution in [0.15, 0.2) is 65.3 Å². The summed E-state index contributed by atoms with van der Waals surface area (Å²) in [4.78, 5) is 29.3. The third-order valence-corrected chi connectivity index (χ3v) is 5.84. The Morgan fingerprint density at radius 1 is 1.15 bits per heavy atom. The molecule has 3 rings (SSSR count). The zero-order valence-electron chi connectivity index (χ0n) is 18.3. The Hall–Kier alpha value is -3.30. The highest BCUT2D eigenvalue weighted by molar-refractivity contribution is 7.98. The lowest BCUT2D eigenvalue weighted by Crippen LogP contribution is -2.43. The van der Waals surface area contributed by atoms with Gasteiger partial charge in [0.1, 0.15) is 18.1 Å². The van der Waals surface area contributed by atoms with E-state index in [1.165, 1.54) is 18.0 Å². The second-order valence-electron chi connectivity index (χ2n) is 7.33. The van der Waals surface area contributed by atoms with Crippen molar-refractivity contribution in [3.63, 3.8) is 0 Å². The van der Waals surface area contributed by atoms with Crippen molar-refractivity contribution in [2.24, 2.45) is 5.73 Å². The molecule has 1 heterocycles. The Morgan fingerprint density at radius 3 is 2.58 bits per heavy atom. The molecule has 0 spiro atoms. The number of nitrogens with two attached hydrogens (primary N) is 1. The number of phenols is 1. The number of rotatable bonds is 11. The van der Waals surface area contributed by atoms with Crippen molar-refractivity contribution >= 4 is 23.6 Å². The molecular formula is C24H27N3O5S. The van der Waals surface area contributed by atoms with Crippen LogP contribution in [0.25, 0.3) is 0 Å². The summed E-state index contributed by atoms with van der Waals surface area (Å²) < 4.78 is 10.5. The van der Waals surface area contributed by atoms with E-state index in [4.69, 9.17) is 14.9 Å². The molecule has 8 nitrogen and oxygen atoms in total. The Labute approximate surface area is 196 Å². The number of aromatic hydroxyl groups is 1. The largest absolute Gasteiger partial charge is 0.508 e. The van der Waals surface area contributed by atoms with Gasteiger partial charge in [0.2, 0.25) is 5.89 Å². The van der Waals surface area contributed by atoms with Gasteiger partial charge in [-0.15, -0.1) is 0 Å². The van der Waals surface area contributed by atoms with Gasteiger partial charge in [0, 0.05) is 11.5 Å². The predicted molar refractivity (Wildman–Crippen MR) is 126 cm³/mol. The molecule has 0 radical (unpaired) electrons. The number of phenolic OH excluding ortho intramolecular Hbond substituents is 1. The zero-order valence-corrected chi connectivity index (χ0v) is 19.1. The summed E-state index contributed by atoms with van der Waals surface area (Å²) in [6.45, 7) is 1.93. The molecule has 0 saturated carbocycles. The summed E-state index contributed by atoms with van der Waals surface area (Å²) in [6.07, 6.45) is 1.64. The fourth-order valence-corrected chi connectivity index (χ4v) is 4.05. The first-order valence-electron chi connectivity index (χ1n) is 10.5. The van der Waals surface area contributed by atoms with Crippen LogP contribution in [0.4, 0.5) is 0 Å². The molecule has 174 valence electrons. The van der Waals surface area contributed by atoms with E-state index >= 15 is 0 Å². The van der Waals surface area contributed by atoms with Crippen LogP contribution in [0, 0.1) is 0 Å². The second kappa shape index (κ2) is 12.1. The Bertz CT molecular complexity index is 1040. The molecule has 1 amide bonds. The summed E-state index contributed by atoms with van der Waals surface area (Å²) in [5.41, 5.74) is 8.21. The average molecular weight is 470 g/mol. The maximum absolute atomic E-state index is 12.7. The molecule has 0 aliphatic heterocycles. The van der Waals surface area contributed by atoms with Crippen LogP contribution in [-0.4, -0.2) is 40.4 Å². The van der Waals surface area contributed by atoms with Crippen LogP contribution in [0.5, 0.6) is 5.75 Å². The molecule has 0 saturated heterocycles. The number of thioether (sulfide) groups is 1. The van der Waals surface area contributed by atoms with Crippen molar-refractivity contribution in [2.45, 2.75) is 31.2 Å². The Morgan fingerprint density at radius 2 is 1.88 bits per heavy atom. The van der Waals surface area contributed by atoms with Crippen molar-refractivity contribution < 1.29 is 23.8 Å². The number of benzene rings is 2. The van der Waals surface area contributed by atoms with Gasteiger partial charge in [0.05, 0.1) is 12.6 Å². The summed E-state index contributed by atoms with van der Waals surface area (Å²) in [7, 11) is 0. The minimum Gasteiger partial charge on any atom is -0.508 e. The number of aromatic nitrogens is 1. The number of nitrogens with one attached hydrogen (secondary N) is 1. The van der Waals surface area contributed by atoms with Gasteiger partial charge in [0.15, 0.2) is 5.69 Å². The molecule has 2 atom stereocenters. The maximum Gasteiger partial charge on any atom is 0.329 e. The number of oxazole rings is 1. The molecule has 0 fully saturated rings. The first-order valence-corrected chi connectivity index (χ1v) is 11.7. The van der Waals surface area contributed by atoms with Crippen LogP contribution in [0.2, 0.25) is 0 Å². The standard InChI is InChI=1S/C24H27N3O5S/c1-2-31-24(30)21(15-33-14-17-6-4-3-5-7-17)26-22(29)20-13-32-23(27-20)19(25)12-16-8-10-18(28)11-9-16/h3-11,13,19,21,28H,2,12,14-15,25H2,1H3,(H,26,29).